The van der Waals surface area contributed by atoms with Gasteiger partial charge in [0.05, 0.1) is 0 Å². The number of aromatic nitrogens is 1. The molecule has 1 aromatic heterocycles. The quantitative estimate of drug-likeness (QED) is 0.723. The molecule has 1 saturated heterocycles. The van der Waals surface area contributed by atoms with Crippen LogP contribution in [0.25, 0.3) is 0 Å². The molecule has 2 unspecified atom stereocenters. The van der Waals surface area contributed by atoms with Crippen molar-refractivity contribution in [2.75, 3.05) is 11.4 Å². The second kappa shape index (κ2) is 4.52. The summed E-state index contributed by atoms with van der Waals surface area (Å²) >= 11 is 0. The zero-order valence-electron chi connectivity index (χ0n) is 9.85. The van der Waals surface area contributed by atoms with E-state index in [4.69, 9.17) is 5.26 Å². The minimum absolute atomic E-state index is 0.503. The third-order valence-electron chi connectivity index (χ3n) is 3.31. The van der Waals surface area contributed by atoms with Gasteiger partial charge in [-0.25, -0.2) is 4.98 Å². The summed E-state index contributed by atoms with van der Waals surface area (Å²) in [6, 6.07) is 6.53. The average molecular weight is 215 g/mol. The highest BCUT2D eigenvalue weighted by Crippen LogP contribution is 2.27. The number of anilines is 1. The fraction of sp³-hybridized carbons (Fsp3) is 0.538. The number of piperidine rings is 1. The Morgan fingerprint density at radius 3 is 3.00 bits per heavy atom. The first-order chi connectivity index (χ1) is 7.70. The lowest BCUT2D eigenvalue weighted by Crippen LogP contribution is -2.41. The maximum Gasteiger partial charge on any atom is 0.142 e. The van der Waals surface area contributed by atoms with Crippen LogP contribution >= 0.6 is 0 Å². The van der Waals surface area contributed by atoms with Gasteiger partial charge in [-0.2, -0.15) is 5.26 Å². The molecular weight excluding hydrogens is 198 g/mol. The van der Waals surface area contributed by atoms with Crippen LogP contribution in [0.5, 0.6) is 0 Å². The Morgan fingerprint density at radius 2 is 2.25 bits per heavy atom. The smallest absolute Gasteiger partial charge is 0.142 e. The van der Waals surface area contributed by atoms with Gasteiger partial charge in [-0.3, -0.25) is 0 Å². The van der Waals surface area contributed by atoms with Crippen LogP contribution in [0.4, 0.5) is 5.69 Å². The van der Waals surface area contributed by atoms with Crippen molar-refractivity contribution in [3.05, 3.63) is 24.0 Å². The Bertz CT molecular complexity index is 408. The normalized spacial score (nSPS) is 25.2. The molecule has 0 aliphatic carbocycles. The first-order valence-electron chi connectivity index (χ1n) is 5.83. The predicted molar refractivity (Wildman–Crippen MR) is 64.2 cm³/mol. The molecule has 0 spiro atoms. The summed E-state index contributed by atoms with van der Waals surface area (Å²) in [5, 5.41) is 8.85. The Balaban J connectivity index is 2.25. The van der Waals surface area contributed by atoms with E-state index < -0.39 is 0 Å². The monoisotopic (exact) mass is 215 g/mol. The van der Waals surface area contributed by atoms with Crippen molar-refractivity contribution < 1.29 is 0 Å². The molecule has 0 aromatic carbocycles. The van der Waals surface area contributed by atoms with Gasteiger partial charge in [0.25, 0.3) is 0 Å². The number of nitrogens with zero attached hydrogens (tertiary/aromatic N) is 3. The zero-order chi connectivity index (χ0) is 11.5. The van der Waals surface area contributed by atoms with E-state index in [1.807, 2.05) is 12.1 Å². The molecule has 3 heteroatoms. The molecule has 0 saturated carbocycles. The molecular formula is C13H17N3. The minimum Gasteiger partial charge on any atom is -0.368 e. The summed E-state index contributed by atoms with van der Waals surface area (Å²) < 4.78 is 0. The summed E-state index contributed by atoms with van der Waals surface area (Å²) in [7, 11) is 0. The van der Waals surface area contributed by atoms with Gasteiger partial charge in [0.1, 0.15) is 11.8 Å². The lowest BCUT2D eigenvalue weighted by atomic mass is 9.94. The predicted octanol–water partition coefficient (Wildman–Crippen LogP) is 2.58. The average Bonchev–Trinajstić information content (AvgIpc) is 2.32. The molecule has 2 heterocycles. The van der Waals surface area contributed by atoms with Crippen LogP contribution in [0.1, 0.15) is 32.4 Å². The summed E-state index contributed by atoms with van der Waals surface area (Å²) in [5.74, 6) is 0.731. The Labute approximate surface area is 96.7 Å². The van der Waals surface area contributed by atoms with Crippen molar-refractivity contribution in [1.29, 1.82) is 5.26 Å². The van der Waals surface area contributed by atoms with Crippen LogP contribution < -0.4 is 4.90 Å². The van der Waals surface area contributed by atoms with Gasteiger partial charge in [0, 0.05) is 24.5 Å². The van der Waals surface area contributed by atoms with E-state index in [2.05, 4.69) is 29.8 Å². The van der Waals surface area contributed by atoms with Crippen molar-refractivity contribution in [3.8, 4) is 6.07 Å². The lowest BCUT2D eigenvalue weighted by molar-refractivity contribution is 0.390. The molecule has 1 aromatic rings. The molecule has 2 atom stereocenters. The van der Waals surface area contributed by atoms with E-state index in [0.29, 0.717) is 11.7 Å². The third kappa shape index (κ3) is 2.16. The highest BCUT2D eigenvalue weighted by molar-refractivity contribution is 5.50. The highest BCUT2D eigenvalue weighted by Gasteiger charge is 2.23. The Morgan fingerprint density at radius 1 is 1.44 bits per heavy atom. The van der Waals surface area contributed by atoms with Crippen molar-refractivity contribution in [2.45, 2.75) is 32.7 Å². The van der Waals surface area contributed by atoms with E-state index in [0.717, 1.165) is 18.2 Å². The zero-order valence-corrected chi connectivity index (χ0v) is 9.85. The van der Waals surface area contributed by atoms with E-state index in [1.54, 1.807) is 6.20 Å². The molecule has 0 radical (unpaired) electrons. The summed E-state index contributed by atoms with van der Waals surface area (Å²) in [6.07, 6.45) is 4.25. The van der Waals surface area contributed by atoms with E-state index in [1.165, 1.54) is 12.8 Å². The van der Waals surface area contributed by atoms with Gasteiger partial charge in [-0.15, -0.1) is 0 Å². The van der Waals surface area contributed by atoms with Crippen molar-refractivity contribution in [1.82, 2.24) is 4.98 Å². The molecule has 1 aliphatic rings. The van der Waals surface area contributed by atoms with Gasteiger partial charge in [0.2, 0.25) is 0 Å². The first kappa shape index (κ1) is 10.9. The molecule has 1 aliphatic heterocycles. The van der Waals surface area contributed by atoms with Crippen LogP contribution in [0.2, 0.25) is 0 Å². The van der Waals surface area contributed by atoms with Gasteiger partial charge in [-0.1, -0.05) is 6.92 Å². The van der Waals surface area contributed by atoms with Crippen LogP contribution in [-0.2, 0) is 0 Å². The third-order valence-corrected chi connectivity index (χ3v) is 3.31. The van der Waals surface area contributed by atoms with Gasteiger partial charge in [0.15, 0.2) is 0 Å². The van der Waals surface area contributed by atoms with Gasteiger partial charge >= 0.3 is 0 Å². The van der Waals surface area contributed by atoms with Crippen LogP contribution in [0.15, 0.2) is 18.3 Å². The lowest BCUT2D eigenvalue weighted by Gasteiger charge is -2.38. The minimum atomic E-state index is 0.503. The Hall–Kier alpha value is -1.56. The van der Waals surface area contributed by atoms with Crippen molar-refractivity contribution in [3.63, 3.8) is 0 Å². The topological polar surface area (TPSA) is 39.9 Å². The number of hydrogen-bond acceptors (Lipinski definition) is 3. The molecule has 0 N–H and O–H groups in total. The van der Waals surface area contributed by atoms with Gasteiger partial charge in [-0.05, 0) is 37.8 Å². The fourth-order valence-electron chi connectivity index (χ4n) is 2.31. The van der Waals surface area contributed by atoms with E-state index in [-0.39, 0.29) is 0 Å². The summed E-state index contributed by atoms with van der Waals surface area (Å²) in [5.41, 5.74) is 1.63. The Kier molecular flexibility index (Phi) is 3.09. The number of hydrogen-bond donors (Lipinski definition) is 0. The molecule has 16 heavy (non-hydrogen) atoms. The molecule has 0 bridgehead atoms. The number of pyridine rings is 1. The summed E-state index contributed by atoms with van der Waals surface area (Å²) in [6.45, 7) is 5.61. The van der Waals surface area contributed by atoms with Gasteiger partial charge < -0.3 is 4.90 Å². The molecule has 2 rings (SSSR count). The van der Waals surface area contributed by atoms with E-state index >= 15 is 0 Å². The van der Waals surface area contributed by atoms with Crippen molar-refractivity contribution >= 4 is 5.69 Å². The standard InChI is InChI=1S/C13H17N3/c1-10-3-4-11(2)16(9-10)13-5-6-15-12(7-13)8-14/h5-7,10-11H,3-4,9H2,1-2H3. The maximum absolute atomic E-state index is 8.85. The van der Waals surface area contributed by atoms with Crippen LogP contribution in [-0.4, -0.2) is 17.6 Å². The number of rotatable bonds is 1. The molecule has 3 nitrogen and oxygen atoms in total. The summed E-state index contributed by atoms with van der Waals surface area (Å²) in [4.78, 5) is 6.39. The largest absolute Gasteiger partial charge is 0.368 e. The second-order valence-electron chi connectivity index (χ2n) is 4.69. The van der Waals surface area contributed by atoms with Crippen molar-refractivity contribution in [2.24, 2.45) is 5.92 Å². The molecule has 84 valence electrons. The highest BCUT2D eigenvalue weighted by atomic mass is 15.2. The first-order valence-corrected chi connectivity index (χ1v) is 5.83. The fourth-order valence-corrected chi connectivity index (χ4v) is 2.31. The van der Waals surface area contributed by atoms with Crippen LogP contribution in [0.3, 0.4) is 0 Å². The van der Waals surface area contributed by atoms with Crippen LogP contribution in [0, 0.1) is 17.2 Å². The SMILES string of the molecule is CC1CCC(C)N(c2ccnc(C#N)c2)C1. The molecule has 0 amide bonds. The second-order valence-corrected chi connectivity index (χ2v) is 4.69. The maximum atomic E-state index is 8.85. The number of nitriles is 1. The van der Waals surface area contributed by atoms with E-state index in [9.17, 15) is 0 Å². The molecule has 1 fully saturated rings.